The van der Waals surface area contributed by atoms with E-state index in [0.29, 0.717) is 11.1 Å². The summed E-state index contributed by atoms with van der Waals surface area (Å²) in [6, 6.07) is 7.45. The number of phenolic OH excluding ortho intramolecular Hbond substituents is 1. The Kier molecular flexibility index (Phi) is 11.2. The number of aromatic hydroxyl groups is 1. The molecule has 14 heteroatoms. The Bertz CT molecular complexity index is 1450. The standard InChI is InChI=1S/C29H35N5O9/c1-15(35)25(34-26(39)20(30)10-11-24(37)38)28(41)32-22(13-17-14-31-21-5-3-2-4-19(17)21)27(40)33-23(29(42)43)12-16-6-8-18(36)9-7-16/h2-9,14-15,20,22-23,25,31,35-36H,10-13,30H2,1H3,(H,32,41)(H,33,40)(H,34,39)(H,37,38)(H,42,43). The number of aromatic nitrogens is 1. The van der Waals surface area contributed by atoms with Gasteiger partial charge in [0.15, 0.2) is 0 Å². The fourth-order valence-corrected chi connectivity index (χ4v) is 4.41. The number of nitrogens with two attached hydrogens (primary N) is 1. The lowest BCUT2D eigenvalue weighted by Gasteiger charge is -2.26. The van der Waals surface area contributed by atoms with Gasteiger partial charge in [-0.1, -0.05) is 30.3 Å². The molecule has 3 rings (SSSR count). The average molecular weight is 598 g/mol. The van der Waals surface area contributed by atoms with Crippen LogP contribution < -0.4 is 21.7 Å². The fourth-order valence-electron chi connectivity index (χ4n) is 4.41. The van der Waals surface area contributed by atoms with E-state index in [0.717, 1.165) is 10.9 Å². The molecule has 10 N–H and O–H groups in total. The Hall–Kier alpha value is -4.95. The number of para-hydroxylation sites is 1. The van der Waals surface area contributed by atoms with Gasteiger partial charge in [0, 0.05) is 36.4 Å². The number of amides is 3. The Morgan fingerprint density at radius 3 is 2.14 bits per heavy atom. The summed E-state index contributed by atoms with van der Waals surface area (Å²) in [6.45, 7) is 1.24. The summed E-state index contributed by atoms with van der Waals surface area (Å²) in [5.41, 5.74) is 7.66. The number of carbonyl (C=O) groups excluding carboxylic acids is 3. The van der Waals surface area contributed by atoms with E-state index in [1.54, 1.807) is 18.3 Å². The molecule has 14 nitrogen and oxygen atoms in total. The van der Waals surface area contributed by atoms with Gasteiger partial charge in [-0.05, 0) is 42.7 Å². The van der Waals surface area contributed by atoms with Crippen molar-refractivity contribution in [3.63, 3.8) is 0 Å². The predicted octanol–water partition coefficient (Wildman–Crippen LogP) is -0.229. The Morgan fingerprint density at radius 1 is 0.860 bits per heavy atom. The molecule has 230 valence electrons. The minimum Gasteiger partial charge on any atom is -0.508 e. The van der Waals surface area contributed by atoms with E-state index in [2.05, 4.69) is 20.9 Å². The maximum absolute atomic E-state index is 13.5. The molecule has 0 aliphatic carbocycles. The van der Waals surface area contributed by atoms with Gasteiger partial charge in [0.2, 0.25) is 17.7 Å². The number of nitrogens with one attached hydrogen (secondary N) is 4. The van der Waals surface area contributed by atoms with E-state index in [-0.39, 0.29) is 31.4 Å². The highest BCUT2D eigenvalue weighted by atomic mass is 16.4. The number of carboxylic acid groups (broad SMARTS) is 2. The number of aliphatic hydroxyl groups excluding tert-OH is 1. The maximum atomic E-state index is 13.5. The van der Waals surface area contributed by atoms with Crippen molar-refractivity contribution in [3.05, 3.63) is 65.9 Å². The molecule has 1 aromatic heterocycles. The lowest BCUT2D eigenvalue weighted by atomic mass is 10.0. The molecule has 0 saturated heterocycles. The van der Waals surface area contributed by atoms with Gasteiger partial charge >= 0.3 is 11.9 Å². The number of fused-ring (bicyclic) bond motifs is 1. The van der Waals surface area contributed by atoms with E-state index in [1.165, 1.54) is 31.2 Å². The van der Waals surface area contributed by atoms with Crippen molar-refractivity contribution in [3.8, 4) is 5.75 Å². The number of aliphatic carboxylic acids is 2. The molecule has 3 aromatic rings. The van der Waals surface area contributed by atoms with Gasteiger partial charge in [0.05, 0.1) is 12.1 Å². The van der Waals surface area contributed by atoms with Crippen LogP contribution in [0.2, 0.25) is 0 Å². The van der Waals surface area contributed by atoms with Crippen LogP contribution in [0.25, 0.3) is 10.9 Å². The van der Waals surface area contributed by atoms with E-state index in [1.807, 2.05) is 12.1 Å². The highest BCUT2D eigenvalue weighted by Crippen LogP contribution is 2.20. The molecule has 0 fully saturated rings. The monoisotopic (exact) mass is 597 g/mol. The molecule has 1 heterocycles. The molecule has 0 radical (unpaired) electrons. The van der Waals surface area contributed by atoms with Crippen molar-refractivity contribution < 1.29 is 44.4 Å². The minimum atomic E-state index is -1.56. The van der Waals surface area contributed by atoms with Crippen LogP contribution in [0, 0.1) is 0 Å². The number of phenols is 1. The summed E-state index contributed by atoms with van der Waals surface area (Å²) in [7, 11) is 0. The third kappa shape index (κ3) is 9.28. The van der Waals surface area contributed by atoms with Crippen LogP contribution in [0.4, 0.5) is 0 Å². The summed E-state index contributed by atoms with van der Waals surface area (Å²) in [5.74, 6) is -5.16. The van der Waals surface area contributed by atoms with Crippen molar-refractivity contribution in [2.24, 2.45) is 5.73 Å². The average Bonchev–Trinajstić information content (AvgIpc) is 3.37. The van der Waals surface area contributed by atoms with E-state index >= 15 is 0 Å². The molecular weight excluding hydrogens is 562 g/mol. The van der Waals surface area contributed by atoms with Crippen LogP contribution in [-0.4, -0.2) is 85.3 Å². The smallest absolute Gasteiger partial charge is 0.326 e. The lowest BCUT2D eigenvalue weighted by Crippen LogP contribution is -2.60. The minimum absolute atomic E-state index is 0.0104. The fraction of sp³-hybridized carbons (Fsp3) is 0.345. The van der Waals surface area contributed by atoms with Gasteiger partial charge in [-0.25, -0.2) is 4.79 Å². The first kappa shape index (κ1) is 32.6. The molecule has 5 atom stereocenters. The van der Waals surface area contributed by atoms with Gasteiger partial charge in [-0.3, -0.25) is 19.2 Å². The van der Waals surface area contributed by atoms with E-state index in [9.17, 15) is 39.3 Å². The van der Waals surface area contributed by atoms with Crippen LogP contribution >= 0.6 is 0 Å². The first-order valence-electron chi connectivity index (χ1n) is 13.5. The Labute approximate surface area is 246 Å². The largest absolute Gasteiger partial charge is 0.508 e. The first-order valence-corrected chi connectivity index (χ1v) is 13.5. The number of carbonyl (C=O) groups is 5. The number of aliphatic hydroxyl groups is 1. The van der Waals surface area contributed by atoms with Crippen molar-refractivity contribution >= 4 is 40.6 Å². The molecule has 0 bridgehead atoms. The zero-order chi connectivity index (χ0) is 31.7. The first-order chi connectivity index (χ1) is 20.3. The van der Waals surface area contributed by atoms with Gasteiger partial charge in [0.1, 0.15) is 23.9 Å². The van der Waals surface area contributed by atoms with Crippen LogP contribution in [-0.2, 0) is 36.8 Å². The van der Waals surface area contributed by atoms with Gasteiger partial charge in [-0.2, -0.15) is 0 Å². The molecule has 2 aromatic carbocycles. The number of H-pyrrole nitrogens is 1. The number of hydrogen-bond donors (Lipinski definition) is 9. The molecular formula is C29H35N5O9. The van der Waals surface area contributed by atoms with Crippen molar-refractivity contribution in [2.75, 3.05) is 0 Å². The lowest BCUT2D eigenvalue weighted by molar-refractivity contribution is -0.142. The second-order valence-electron chi connectivity index (χ2n) is 10.2. The third-order valence-electron chi connectivity index (χ3n) is 6.79. The quantitative estimate of drug-likeness (QED) is 0.111. The summed E-state index contributed by atoms with van der Waals surface area (Å²) in [5, 5.41) is 46.4. The molecule has 0 spiro atoms. The molecule has 43 heavy (non-hydrogen) atoms. The molecule has 0 aliphatic rings. The van der Waals surface area contributed by atoms with Crippen LogP contribution in [0.1, 0.15) is 30.9 Å². The summed E-state index contributed by atoms with van der Waals surface area (Å²) >= 11 is 0. The molecule has 5 unspecified atom stereocenters. The SMILES string of the molecule is CC(O)C(NC(=O)C(N)CCC(=O)O)C(=O)NC(Cc1c[nH]c2ccccc12)C(=O)NC(Cc1ccc(O)cc1)C(=O)O. The Morgan fingerprint density at radius 2 is 1.51 bits per heavy atom. The van der Waals surface area contributed by atoms with E-state index < -0.39 is 59.9 Å². The number of aromatic amines is 1. The van der Waals surface area contributed by atoms with Gasteiger partial charge in [0.25, 0.3) is 0 Å². The van der Waals surface area contributed by atoms with Crippen molar-refractivity contribution in [2.45, 2.75) is 62.9 Å². The second kappa shape index (κ2) is 14.8. The Balaban J connectivity index is 1.83. The van der Waals surface area contributed by atoms with Gasteiger partial charge < -0.3 is 47.1 Å². The summed E-state index contributed by atoms with van der Waals surface area (Å²) < 4.78 is 0. The zero-order valence-corrected chi connectivity index (χ0v) is 23.3. The third-order valence-corrected chi connectivity index (χ3v) is 6.79. The second-order valence-corrected chi connectivity index (χ2v) is 10.2. The molecule has 0 saturated carbocycles. The normalized spacial score (nSPS) is 14.6. The van der Waals surface area contributed by atoms with Crippen molar-refractivity contribution in [1.82, 2.24) is 20.9 Å². The summed E-state index contributed by atoms with van der Waals surface area (Å²) in [4.78, 5) is 65.3. The number of rotatable bonds is 15. The van der Waals surface area contributed by atoms with Crippen molar-refractivity contribution in [1.29, 1.82) is 0 Å². The number of benzene rings is 2. The summed E-state index contributed by atoms with van der Waals surface area (Å²) in [6.07, 6.45) is -0.576. The predicted molar refractivity (Wildman–Crippen MR) is 154 cm³/mol. The molecule has 3 amide bonds. The van der Waals surface area contributed by atoms with Gasteiger partial charge in [-0.15, -0.1) is 0 Å². The number of hydrogen-bond acceptors (Lipinski definition) is 8. The van der Waals surface area contributed by atoms with Crippen LogP contribution in [0.15, 0.2) is 54.7 Å². The zero-order valence-electron chi connectivity index (χ0n) is 23.3. The number of carboxylic acids is 2. The van der Waals surface area contributed by atoms with Crippen LogP contribution in [0.3, 0.4) is 0 Å². The highest BCUT2D eigenvalue weighted by Gasteiger charge is 2.33. The van der Waals surface area contributed by atoms with Crippen LogP contribution in [0.5, 0.6) is 5.75 Å². The highest BCUT2D eigenvalue weighted by molar-refractivity contribution is 5.95. The maximum Gasteiger partial charge on any atom is 0.326 e. The molecule has 0 aliphatic heterocycles. The topological polar surface area (TPSA) is 244 Å². The van der Waals surface area contributed by atoms with E-state index in [4.69, 9.17) is 10.8 Å².